The van der Waals surface area contributed by atoms with Crippen molar-refractivity contribution >= 4 is 16.8 Å². The topological polar surface area (TPSA) is 104 Å². The molecule has 1 saturated heterocycles. The Morgan fingerprint density at radius 2 is 2.30 bits per heavy atom. The molecule has 6 nitrogen and oxygen atoms in total. The van der Waals surface area contributed by atoms with Crippen LogP contribution < -0.4 is 16.4 Å². The molecule has 6 heteroatoms. The predicted octanol–water partition coefficient (Wildman–Crippen LogP) is 0.758. The Hall–Kier alpha value is -2.49. The highest BCUT2D eigenvalue weighted by Gasteiger charge is 2.41. The number of hydrogen-bond donors (Lipinski definition) is 3. The summed E-state index contributed by atoms with van der Waals surface area (Å²) >= 11 is 0. The van der Waals surface area contributed by atoms with Gasteiger partial charge in [0.05, 0.1) is 28.4 Å². The van der Waals surface area contributed by atoms with Crippen molar-refractivity contribution in [1.29, 1.82) is 5.26 Å². The first-order valence-corrected chi connectivity index (χ1v) is 7.64. The number of nitriles is 1. The minimum atomic E-state index is -0.695. The minimum absolute atomic E-state index is 0.243. The number of nitrogens with zero attached hydrogens (tertiary/aromatic N) is 2. The van der Waals surface area contributed by atoms with Crippen LogP contribution in [-0.4, -0.2) is 30.0 Å². The predicted molar refractivity (Wildman–Crippen MR) is 87.4 cm³/mol. The van der Waals surface area contributed by atoms with Crippen molar-refractivity contribution < 1.29 is 4.79 Å². The molecule has 0 saturated carbocycles. The first kappa shape index (κ1) is 15.4. The van der Waals surface area contributed by atoms with Crippen molar-refractivity contribution in [1.82, 2.24) is 15.6 Å². The Balaban J connectivity index is 2.14. The fourth-order valence-electron chi connectivity index (χ4n) is 2.98. The van der Waals surface area contributed by atoms with Gasteiger partial charge in [0.1, 0.15) is 6.07 Å². The summed E-state index contributed by atoms with van der Waals surface area (Å²) in [7, 11) is 0. The Labute approximate surface area is 134 Å². The summed E-state index contributed by atoms with van der Waals surface area (Å²) in [5, 5.41) is 16.7. The normalized spacial score (nSPS) is 21.8. The monoisotopic (exact) mass is 309 g/mol. The molecule has 2 heterocycles. The van der Waals surface area contributed by atoms with Crippen LogP contribution in [0.25, 0.3) is 10.9 Å². The van der Waals surface area contributed by atoms with Crippen LogP contribution in [0.4, 0.5) is 0 Å². The third-order valence-corrected chi connectivity index (χ3v) is 4.23. The first-order valence-electron chi connectivity index (χ1n) is 7.64. The molecule has 23 heavy (non-hydrogen) atoms. The lowest BCUT2D eigenvalue weighted by Crippen LogP contribution is -2.53. The quantitative estimate of drug-likeness (QED) is 0.776. The van der Waals surface area contributed by atoms with Gasteiger partial charge < -0.3 is 16.4 Å². The number of rotatable bonds is 3. The molecule has 0 unspecified atom stereocenters. The summed E-state index contributed by atoms with van der Waals surface area (Å²) in [6.07, 6.45) is 0.672. The fraction of sp³-hybridized carbons (Fsp3) is 0.353. The van der Waals surface area contributed by atoms with Crippen LogP contribution in [0, 0.1) is 11.3 Å². The van der Waals surface area contributed by atoms with Crippen molar-refractivity contribution in [3.63, 3.8) is 0 Å². The van der Waals surface area contributed by atoms with Gasteiger partial charge in [0.15, 0.2) is 0 Å². The van der Waals surface area contributed by atoms with Gasteiger partial charge in [-0.2, -0.15) is 5.26 Å². The summed E-state index contributed by atoms with van der Waals surface area (Å²) in [6, 6.07) is 11.1. The molecule has 0 aliphatic carbocycles. The molecular weight excluding hydrogens is 290 g/mol. The second-order valence-electron chi connectivity index (χ2n) is 5.98. The molecule has 1 aromatic carbocycles. The lowest BCUT2D eigenvalue weighted by Gasteiger charge is -2.31. The van der Waals surface area contributed by atoms with Crippen LogP contribution in [0.15, 0.2) is 30.3 Å². The first-order chi connectivity index (χ1) is 11.1. The van der Waals surface area contributed by atoms with Gasteiger partial charge in [-0.05, 0) is 32.0 Å². The molecule has 3 rings (SSSR count). The number of fused-ring (bicyclic) bond motifs is 1. The lowest BCUT2D eigenvalue weighted by atomic mass is 9.89. The molecule has 0 radical (unpaired) electrons. The van der Waals surface area contributed by atoms with Gasteiger partial charge >= 0.3 is 0 Å². The molecule has 0 spiro atoms. The number of hydrogen-bond acceptors (Lipinski definition) is 5. The van der Waals surface area contributed by atoms with Crippen LogP contribution in [0.1, 0.15) is 24.6 Å². The van der Waals surface area contributed by atoms with E-state index in [1.165, 1.54) is 0 Å². The summed E-state index contributed by atoms with van der Waals surface area (Å²) in [5.74, 6) is -0.243. The van der Waals surface area contributed by atoms with Crippen molar-refractivity contribution in [3.05, 3.63) is 41.6 Å². The minimum Gasteiger partial charge on any atom is -0.342 e. The van der Waals surface area contributed by atoms with E-state index in [1.807, 2.05) is 30.3 Å². The van der Waals surface area contributed by atoms with Gasteiger partial charge in [-0.1, -0.05) is 18.2 Å². The molecule has 4 N–H and O–H groups in total. The number of para-hydroxylation sites is 1. The van der Waals surface area contributed by atoms with E-state index in [0.29, 0.717) is 24.2 Å². The largest absolute Gasteiger partial charge is 0.342 e. The molecule has 1 aliphatic heterocycles. The van der Waals surface area contributed by atoms with E-state index in [1.54, 1.807) is 6.92 Å². The van der Waals surface area contributed by atoms with Gasteiger partial charge in [0.2, 0.25) is 5.91 Å². The number of nitrogens with two attached hydrogens (primary N) is 1. The molecule has 2 aromatic rings. The SMILES string of the molecule is C[C@H](N)C(=O)N[C@@]1(c2nc3ccccc3cc2C#N)CCNC1. The Morgan fingerprint density at radius 3 is 2.96 bits per heavy atom. The summed E-state index contributed by atoms with van der Waals surface area (Å²) < 4.78 is 0. The van der Waals surface area contributed by atoms with E-state index < -0.39 is 11.6 Å². The maximum atomic E-state index is 12.2. The van der Waals surface area contributed by atoms with Crippen LogP contribution in [0.3, 0.4) is 0 Å². The van der Waals surface area contributed by atoms with Crippen LogP contribution in [0.5, 0.6) is 0 Å². The van der Waals surface area contributed by atoms with E-state index >= 15 is 0 Å². The highest BCUT2D eigenvalue weighted by Crippen LogP contribution is 2.31. The third kappa shape index (κ3) is 2.77. The average Bonchev–Trinajstić information content (AvgIpc) is 3.03. The van der Waals surface area contributed by atoms with E-state index in [-0.39, 0.29) is 5.91 Å². The van der Waals surface area contributed by atoms with Crippen molar-refractivity contribution in [3.8, 4) is 6.07 Å². The number of carbonyl (C=O) groups is 1. The van der Waals surface area contributed by atoms with Crippen molar-refractivity contribution in [2.24, 2.45) is 5.73 Å². The zero-order chi connectivity index (χ0) is 16.4. The number of aromatic nitrogens is 1. The maximum Gasteiger partial charge on any atom is 0.237 e. The van der Waals surface area contributed by atoms with Gasteiger partial charge in [0.25, 0.3) is 0 Å². The van der Waals surface area contributed by atoms with E-state index in [2.05, 4.69) is 16.7 Å². The standard InChI is InChI=1S/C17H19N5O/c1-11(19)16(23)22-17(6-7-20-10-17)15-13(9-18)8-12-4-2-3-5-14(12)21-15/h2-5,8,11,20H,6-7,10,19H2,1H3,(H,22,23)/t11-,17-/m0/s1. The highest BCUT2D eigenvalue weighted by atomic mass is 16.2. The van der Waals surface area contributed by atoms with Gasteiger partial charge in [-0.15, -0.1) is 0 Å². The summed E-state index contributed by atoms with van der Waals surface area (Å²) in [4.78, 5) is 16.9. The van der Waals surface area contributed by atoms with E-state index in [0.717, 1.165) is 17.4 Å². The molecular formula is C17H19N5O. The van der Waals surface area contributed by atoms with Crippen LogP contribution in [0.2, 0.25) is 0 Å². The molecule has 1 aromatic heterocycles. The van der Waals surface area contributed by atoms with Crippen LogP contribution >= 0.6 is 0 Å². The summed E-state index contributed by atoms with van der Waals surface area (Å²) in [6.45, 7) is 2.93. The zero-order valence-corrected chi connectivity index (χ0v) is 13.0. The molecule has 1 fully saturated rings. The summed E-state index contributed by atoms with van der Waals surface area (Å²) in [5.41, 5.74) is 6.90. The maximum absolute atomic E-state index is 12.2. The number of benzene rings is 1. The molecule has 1 amide bonds. The lowest BCUT2D eigenvalue weighted by molar-refractivity contribution is -0.123. The highest BCUT2D eigenvalue weighted by molar-refractivity contribution is 5.83. The van der Waals surface area contributed by atoms with Gasteiger partial charge in [0, 0.05) is 11.9 Å². The van der Waals surface area contributed by atoms with E-state index in [9.17, 15) is 10.1 Å². The zero-order valence-electron chi connectivity index (χ0n) is 13.0. The molecule has 118 valence electrons. The van der Waals surface area contributed by atoms with Gasteiger partial charge in [-0.25, -0.2) is 4.98 Å². The van der Waals surface area contributed by atoms with Crippen molar-refractivity contribution in [2.75, 3.05) is 13.1 Å². The van der Waals surface area contributed by atoms with E-state index in [4.69, 9.17) is 10.7 Å². The Bertz CT molecular complexity index is 787. The van der Waals surface area contributed by atoms with Gasteiger partial charge in [-0.3, -0.25) is 4.79 Å². The number of carbonyl (C=O) groups excluding carboxylic acids is 1. The Kier molecular flexibility index (Phi) is 3.99. The Morgan fingerprint density at radius 1 is 1.52 bits per heavy atom. The average molecular weight is 309 g/mol. The molecule has 0 bridgehead atoms. The number of pyridine rings is 1. The third-order valence-electron chi connectivity index (χ3n) is 4.23. The molecule has 2 atom stereocenters. The smallest absolute Gasteiger partial charge is 0.237 e. The number of amides is 1. The fourth-order valence-corrected chi connectivity index (χ4v) is 2.98. The second-order valence-corrected chi connectivity index (χ2v) is 5.98. The van der Waals surface area contributed by atoms with Crippen molar-refractivity contribution in [2.45, 2.75) is 24.9 Å². The van der Waals surface area contributed by atoms with Crippen LogP contribution in [-0.2, 0) is 10.3 Å². The molecule has 1 aliphatic rings. The second kappa shape index (κ2) is 5.95. The number of nitrogens with one attached hydrogen (secondary N) is 2.